The van der Waals surface area contributed by atoms with Crippen LogP contribution in [-0.4, -0.2) is 104 Å². The van der Waals surface area contributed by atoms with Crippen molar-refractivity contribution in [3.8, 4) is 0 Å². The molecule has 0 amide bonds. The van der Waals surface area contributed by atoms with Crippen molar-refractivity contribution in [1.82, 2.24) is 0 Å². The van der Waals surface area contributed by atoms with Gasteiger partial charge in [-0.2, -0.15) is 0 Å². The molecule has 0 saturated carbocycles. The monoisotopic (exact) mass is 1070 g/mol. The number of phosphoric acid groups is 2. The number of hydrogen-bond acceptors (Lipinski definition) is 20. The average Bonchev–Trinajstić information content (AvgIpc) is 3.72. The minimum atomic E-state index is -5.19. The highest BCUT2D eigenvalue weighted by Crippen LogP contribution is 2.49. The fourth-order valence-electron chi connectivity index (χ4n) is 8.07. The van der Waals surface area contributed by atoms with Crippen molar-refractivity contribution >= 4 is 39.2 Å². The summed E-state index contributed by atoms with van der Waals surface area (Å²) < 4.78 is 54.1. The largest absolute Gasteiger partial charge is 0.756 e. The molecule has 0 bridgehead atoms. The lowest BCUT2D eigenvalue weighted by Gasteiger charge is -2.38. The second-order valence-corrected chi connectivity index (χ2v) is 22.0. The van der Waals surface area contributed by atoms with Gasteiger partial charge in [-0.3, -0.25) is 18.7 Å². The van der Waals surface area contributed by atoms with Crippen molar-refractivity contribution < 1.29 is 96.3 Å². The number of aliphatic hydroxyl groups is 6. The van der Waals surface area contributed by atoms with Crippen molar-refractivity contribution in [2.45, 2.75) is 119 Å². The zero-order chi connectivity index (χ0) is 55.7. The molecule has 0 saturated heterocycles. The lowest BCUT2D eigenvalue weighted by Crippen LogP contribution is -2.38. The number of phosphoric ester groups is 2. The number of cyclic esters (lactones) is 2. The lowest BCUT2D eigenvalue weighted by atomic mass is 9.71. The molecule has 8 atom stereocenters. The third-order valence-corrected chi connectivity index (χ3v) is 14.1. The molecule has 0 aromatic heterocycles. The Hall–Kier alpha value is -5.76. The molecule has 22 heteroatoms. The molecule has 4 rings (SSSR count). The number of esters is 2. The molecule has 6 N–H and O–H groups in total. The van der Waals surface area contributed by atoms with Gasteiger partial charge in [0.05, 0.1) is 13.2 Å². The molecule has 4 unspecified atom stereocenters. The highest BCUT2D eigenvalue weighted by Gasteiger charge is 2.44. The second kappa shape index (κ2) is 25.2. The molecule has 2 aliphatic carbocycles. The predicted octanol–water partition coefficient (Wildman–Crippen LogP) is 7.15. The Kier molecular flexibility index (Phi) is 20.7. The molecule has 2 heterocycles. The second-order valence-electron chi connectivity index (χ2n) is 19.3. The summed E-state index contributed by atoms with van der Waals surface area (Å²) in [5, 5.41) is 58.6. The number of rotatable bonds is 22. The molecular weight excluding hydrogens is 1010 g/mol. The van der Waals surface area contributed by atoms with E-state index in [4.69, 9.17) is 18.1 Å². The SMILES string of the molecule is CC1=C(/C=C/C(C)=C/C=C/C(C)=C/C=C/C=C(C)/C=C/C=C(C)/C=C/C2=C(C)C(=O)C(OP(=O)([O-])OC[C@H](O)[C@H]3OC(=O)C(O)=C3O)CC2(C)C)C(C)(C)CC(OP(=O)([O-])OC[C@H](O)[C@H]2OC(=O)C(O)=C2O)C1=O. The van der Waals surface area contributed by atoms with E-state index in [-0.39, 0.29) is 12.8 Å². The molecule has 74 heavy (non-hydrogen) atoms. The molecule has 0 aromatic carbocycles. The first kappa shape index (κ1) is 60.8. The van der Waals surface area contributed by atoms with Gasteiger partial charge in [-0.25, -0.2) is 9.59 Å². The number of carbonyl (C=O) groups excluding carboxylic acids is 4. The van der Waals surface area contributed by atoms with Gasteiger partial charge in [-0.15, -0.1) is 0 Å². The van der Waals surface area contributed by atoms with E-state index in [9.17, 15) is 68.7 Å². The fourth-order valence-corrected chi connectivity index (χ4v) is 9.83. The molecule has 0 aromatic rings. The van der Waals surface area contributed by atoms with Gasteiger partial charge in [0.15, 0.2) is 35.3 Å². The molecule has 0 radical (unpaired) electrons. The van der Waals surface area contributed by atoms with E-state index < -0.39 is 123 Å². The topological polar surface area (TPSA) is 325 Å². The number of allylic oxidation sites excluding steroid dienone is 20. The van der Waals surface area contributed by atoms with Crippen LogP contribution in [0.3, 0.4) is 0 Å². The minimum Gasteiger partial charge on any atom is -0.756 e. The van der Waals surface area contributed by atoms with Crippen LogP contribution in [0, 0.1) is 10.8 Å². The van der Waals surface area contributed by atoms with Gasteiger partial charge in [-0.05, 0) is 87.5 Å². The van der Waals surface area contributed by atoms with Gasteiger partial charge in [0.2, 0.25) is 11.5 Å². The number of carbonyl (C=O) groups is 4. The average molecular weight is 1070 g/mol. The van der Waals surface area contributed by atoms with Crippen LogP contribution in [0.25, 0.3) is 0 Å². The quantitative estimate of drug-likeness (QED) is 0.0356. The van der Waals surface area contributed by atoms with Crippen LogP contribution < -0.4 is 9.79 Å². The van der Waals surface area contributed by atoms with E-state index in [1.165, 1.54) is 0 Å². The van der Waals surface area contributed by atoms with Crippen LogP contribution >= 0.6 is 15.6 Å². The normalized spacial score (nSPS) is 26.2. The van der Waals surface area contributed by atoms with Gasteiger partial charge in [0.1, 0.15) is 24.4 Å². The third-order valence-electron chi connectivity index (χ3n) is 12.2. The molecular formula is C52H64O20P2-2. The zero-order valence-corrected chi connectivity index (χ0v) is 44.5. The smallest absolute Gasteiger partial charge is 0.377 e. The van der Waals surface area contributed by atoms with E-state index in [0.717, 1.165) is 22.3 Å². The molecule has 2 aliphatic heterocycles. The summed E-state index contributed by atoms with van der Waals surface area (Å²) >= 11 is 0. The highest BCUT2D eigenvalue weighted by molar-refractivity contribution is 7.46. The van der Waals surface area contributed by atoms with Gasteiger partial charge in [0.25, 0.3) is 15.6 Å². The Labute approximate surface area is 429 Å². The number of ketones is 2. The van der Waals surface area contributed by atoms with Crippen LogP contribution in [-0.2, 0) is 55.9 Å². The van der Waals surface area contributed by atoms with Gasteiger partial charge in [0, 0.05) is 0 Å². The summed E-state index contributed by atoms with van der Waals surface area (Å²) in [6.07, 6.45) is 16.3. The molecule has 20 nitrogen and oxygen atoms in total. The summed E-state index contributed by atoms with van der Waals surface area (Å²) in [6, 6.07) is 0. The van der Waals surface area contributed by atoms with Gasteiger partial charge in [-0.1, -0.05) is 135 Å². The minimum absolute atomic E-state index is 0.00993. The van der Waals surface area contributed by atoms with Crippen molar-refractivity contribution in [3.63, 3.8) is 0 Å². The van der Waals surface area contributed by atoms with E-state index in [2.05, 4.69) is 9.47 Å². The van der Waals surface area contributed by atoms with Crippen LogP contribution in [0.2, 0.25) is 0 Å². The molecule has 404 valence electrons. The van der Waals surface area contributed by atoms with Crippen LogP contribution in [0.1, 0.15) is 82.1 Å². The van der Waals surface area contributed by atoms with Gasteiger partial charge < -0.3 is 68.0 Å². The Bertz CT molecular complexity index is 2570. The summed E-state index contributed by atoms with van der Waals surface area (Å²) in [5.74, 6) is -7.91. The summed E-state index contributed by atoms with van der Waals surface area (Å²) in [4.78, 5) is 74.6. The van der Waals surface area contributed by atoms with E-state index in [0.29, 0.717) is 22.3 Å². The van der Waals surface area contributed by atoms with Crippen molar-refractivity contribution in [2.75, 3.05) is 13.2 Å². The third kappa shape index (κ3) is 16.4. The summed E-state index contributed by atoms with van der Waals surface area (Å²) in [6.45, 7) is 16.2. The van der Waals surface area contributed by atoms with Crippen molar-refractivity contribution in [2.24, 2.45) is 10.8 Å². The number of aliphatic hydroxyl groups excluding tert-OH is 6. The van der Waals surface area contributed by atoms with E-state index >= 15 is 0 Å². The molecule has 0 spiro atoms. The predicted molar refractivity (Wildman–Crippen MR) is 266 cm³/mol. The van der Waals surface area contributed by atoms with Crippen molar-refractivity contribution in [3.05, 3.63) is 153 Å². The van der Waals surface area contributed by atoms with Crippen LogP contribution in [0.15, 0.2) is 153 Å². The first-order chi connectivity index (χ1) is 34.3. The van der Waals surface area contributed by atoms with Crippen LogP contribution in [0.5, 0.6) is 0 Å². The maximum Gasteiger partial charge on any atom is 0.377 e. The summed E-state index contributed by atoms with van der Waals surface area (Å²) in [7, 11) is -10.4. The number of Topliss-reactive ketones (excluding diaryl/α,β-unsaturated/α-hetero) is 2. The maximum atomic E-state index is 13.3. The summed E-state index contributed by atoms with van der Waals surface area (Å²) in [5.41, 5.74) is 4.24. The first-order valence-electron chi connectivity index (χ1n) is 23.2. The Morgan fingerprint density at radius 3 is 1.22 bits per heavy atom. The fraction of sp³-hybridized carbons (Fsp3) is 0.423. The maximum absolute atomic E-state index is 13.3. The standard InChI is InChI=1S/C52H66O20P2/c1-29(17-13-19-31(3)21-23-35-33(5)41(55)39(25-51(35,7)8)71-73(63,64)67-27-37(53)47-43(57)45(59)49(61)69-47)15-11-12-16-30(2)18-14-20-32(4)22-24-36-34(6)42(56)40(26-52(36,9)10)72-74(65,66)68-28-38(54)48-44(58)46(60)50(62)70-48/h11-24,37-40,47-48,53-54,57-60H,25-28H2,1-10H3,(H,63,64)(H,65,66)/p-2/b12-11+,17-13+,18-14+,23-21+,24-22+,29-15+,30-16+,31-19+,32-20+/t37-,38-,39?,40?,47+,48+/m0/s1. The Morgan fingerprint density at radius 1 is 0.595 bits per heavy atom. The van der Waals surface area contributed by atoms with E-state index in [1.807, 2.05) is 128 Å². The van der Waals surface area contributed by atoms with Crippen LogP contribution in [0.4, 0.5) is 0 Å². The number of hydrogen-bond donors (Lipinski definition) is 6. The molecule has 0 fully saturated rings. The zero-order valence-electron chi connectivity index (χ0n) is 42.7. The molecule has 4 aliphatic rings. The van der Waals surface area contributed by atoms with Crippen molar-refractivity contribution in [1.29, 1.82) is 0 Å². The van der Waals surface area contributed by atoms with E-state index in [1.54, 1.807) is 26.0 Å². The first-order valence-corrected chi connectivity index (χ1v) is 26.1. The highest BCUT2D eigenvalue weighted by atomic mass is 31.2. The lowest BCUT2D eigenvalue weighted by molar-refractivity contribution is -0.233. The van der Waals surface area contributed by atoms with Gasteiger partial charge >= 0.3 is 11.9 Å². The Morgan fingerprint density at radius 2 is 0.905 bits per heavy atom. The number of ether oxygens (including phenoxy) is 2. The Balaban J connectivity index is 1.26.